The van der Waals surface area contributed by atoms with E-state index < -0.39 is 9.05 Å². The van der Waals surface area contributed by atoms with Crippen LogP contribution in [0.5, 0.6) is 0 Å². The molecule has 1 amide bonds. The fraction of sp³-hybridized carbons (Fsp3) is 0.533. The number of amides is 1. The summed E-state index contributed by atoms with van der Waals surface area (Å²) in [4.78, 5) is 14.5. The molecule has 1 heterocycles. The molecule has 0 saturated carbocycles. The topological polar surface area (TPSA) is 54.5 Å². The van der Waals surface area contributed by atoms with Gasteiger partial charge in [0.2, 0.25) is 0 Å². The highest BCUT2D eigenvalue weighted by Gasteiger charge is 2.29. The quantitative estimate of drug-likeness (QED) is 0.800. The Balaban J connectivity index is 2.45. The van der Waals surface area contributed by atoms with Crippen LogP contribution in [0.2, 0.25) is 0 Å². The van der Waals surface area contributed by atoms with Gasteiger partial charge in [-0.3, -0.25) is 4.79 Å². The van der Waals surface area contributed by atoms with E-state index in [1.165, 1.54) is 6.07 Å². The Morgan fingerprint density at radius 3 is 2.62 bits per heavy atom. The Morgan fingerprint density at radius 2 is 2.05 bits per heavy atom. The number of halogens is 1. The minimum Gasteiger partial charge on any atom is -0.336 e. The molecular formula is C15H20ClNO3S. The molecule has 1 saturated heterocycles. The van der Waals surface area contributed by atoms with Crippen molar-refractivity contribution in [3.63, 3.8) is 0 Å². The lowest BCUT2D eigenvalue weighted by Gasteiger charge is -2.24. The minimum atomic E-state index is -3.85. The molecule has 1 aromatic rings. The van der Waals surface area contributed by atoms with Gasteiger partial charge in [-0.05, 0) is 56.4 Å². The second-order valence-corrected chi connectivity index (χ2v) is 8.09. The third-order valence-corrected chi connectivity index (χ3v) is 5.69. The van der Waals surface area contributed by atoms with Crippen molar-refractivity contribution < 1.29 is 13.2 Å². The average molecular weight is 330 g/mol. The number of likely N-dealkylation sites (tertiary alicyclic amines) is 1. The highest BCUT2D eigenvalue weighted by molar-refractivity contribution is 8.13. The number of rotatable bonds is 3. The molecule has 1 fully saturated rings. The Bertz CT molecular complexity index is 670. The summed E-state index contributed by atoms with van der Waals surface area (Å²) in [6.07, 6.45) is 2.92. The molecule has 1 aromatic carbocycles. The normalized spacial score (nSPS) is 19.0. The van der Waals surface area contributed by atoms with Crippen LogP contribution in [0.3, 0.4) is 0 Å². The van der Waals surface area contributed by atoms with Gasteiger partial charge in [-0.2, -0.15) is 0 Å². The van der Waals surface area contributed by atoms with Crippen LogP contribution in [0, 0.1) is 13.8 Å². The van der Waals surface area contributed by atoms with E-state index in [2.05, 4.69) is 6.92 Å². The van der Waals surface area contributed by atoms with Crippen LogP contribution in [-0.4, -0.2) is 31.8 Å². The highest BCUT2D eigenvalue weighted by Crippen LogP contribution is 2.27. The molecule has 2 rings (SSSR count). The van der Waals surface area contributed by atoms with Crippen LogP contribution >= 0.6 is 10.7 Å². The van der Waals surface area contributed by atoms with Gasteiger partial charge in [0.15, 0.2) is 0 Å². The fourth-order valence-electron chi connectivity index (χ4n) is 2.90. The van der Waals surface area contributed by atoms with E-state index in [-0.39, 0.29) is 16.8 Å². The predicted molar refractivity (Wildman–Crippen MR) is 83.3 cm³/mol. The van der Waals surface area contributed by atoms with Crippen molar-refractivity contribution in [3.8, 4) is 0 Å². The van der Waals surface area contributed by atoms with Crippen molar-refractivity contribution in [2.24, 2.45) is 0 Å². The molecule has 1 atom stereocenters. The first-order chi connectivity index (χ1) is 9.75. The van der Waals surface area contributed by atoms with Crippen molar-refractivity contribution in [1.82, 2.24) is 4.90 Å². The molecule has 1 aliphatic rings. The summed E-state index contributed by atoms with van der Waals surface area (Å²) in [7, 11) is 1.62. The number of carbonyl (C=O) groups is 1. The average Bonchev–Trinajstić information content (AvgIpc) is 2.87. The summed E-state index contributed by atoms with van der Waals surface area (Å²) in [5.74, 6) is -0.107. The summed E-state index contributed by atoms with van der Waals surface area (Å²) >= 11 is 0. The number of aryl methyl sites for hydroxylation is 1. The molecule has 116 valence electrons. The summed E-state index contributed by atoms with van der Waals surface area (Å²) in [6, 6.07) is 3.39. The van der Waals surface area contributed by atoms with Crippen LogP contribution in [0.15, 0.2) is 17.0 Å². The zero-order valence-electron chi connectivity index (χ0n) is 12.5. The summed E-state index contributed by atoms with van der Waals surface area (Å²) in [5.41, 5.74) is 1.75. The van der Waals surface area contributed by atoms with Gasteiger partial charge in [0, 0.05) is 28.8 Å². The lowest BCUT2D eigenvalue weighted by atomic mass is 10.0. The second kappa shape index (κ2) is 5.97. The van der Waals surface area contributed by atoms with Crippen molar-refractivity contribution in [2.45, 2.75) is 51.0 Å². The van der Waals surface area contributed by atoms with Gasteiger partial charge >= 0.3 is 0 Å². The van der Waals surface area contributed by atoms with Gasteiger partial charge in [-0.25, -0.2) is 8.42 Å². The van der Waals surface area contributed by atoms with E-state index in [4.69, 9.17) is 10.7 Å². The summed E-state index contributed by atoms with van der Waals surface area (Å²) in [6.45, 7) is 6.28. The van der Waals surface area contributed by atoms with Gasteiger partial charge in [-0.15, -0.1) is 0 Å². The molecule has 0 aromatic heterocycles. The molecule has 0 N–H and O–H groups in total. The molecule has 1 unspecified atom stereocenters. The van der Waals surface area contributed by atoms with Crippen molar-refractivity contribution in [1.29, 1.82) is 0 Å². The number of hydrogen-bond acceptors (Lipinski definition) is 3. The third kappa shape index (κ3) is 3.24. The standard InChI is InChI=1S/C15H20ClNO3S/c1-4-13-6-5-7-17(13)15(18)12-8-10(2)11(3)14(9-12)21(16,19)20/h8-9,13H,4-7H2,1-3H3. The number of carbonyl (C=O) groups excluding carboxylic acids is 1. The van der Waals surface area contributed by atoms with Crippen LogP contribution in [0.1, 0.15) is 47.7 Å². The van der Waals surface area contributed by atoms with Gasteiger partial charge in [-0.1, -0.05) is 6.92 Å². The number of nitrogens with zero attached hydrogens (tertiary/aromatic N) is 1. The van der Waals surface area contributed by atoms with Crippen LogP contribution in [0.25, 0.3) is 0 Å². The number of hydrogen-bond donors (Lipinski definition) is 0. The maximum Gasteiger partial charge on any atom is 0.261 e. The summed E-state index contributed by atoms with van der Waals surface area (Å²) in [5, 5.41) is 0. The van der Waals surface area contributed by atoms with E-state index >= 15 is 0 Å². The maximum atomic E-state index is 12.6. The Morgan fingerprint density at radius 1 is 1.38 bits per heavy atom. The van der Waals surface area contributed by atoms with Gasteiger partial charge in [0.1, 0.15) is 0 Å². The Hall–Kier alpha value is -1.07. The zero-order chi connectivity index (χ0) is 15.8. The molecule has 0 spiro atoms. The van der Waals surface area contributed by atoms with Gasteiger partial charge < -0.3 is 4.90 Å². The first-order valence-corrected chi connectivity index (χ1v) is 9.43. The van der Waals surface area contributed by atoms with Crippen LogP contribution in [-0.2, 0) is 9.05 Å². The maximum absolute atomic E-state index is 12.6. The second-order valence-electron chi connectivity index (χ2n) is 5.56. The molecule has 21 heavy (non-hydrogen) atoms. The Kier molecular flexibility index (Phi) is 4.63. The minimum absolute atomic E-state index is 0.0276. The van der Waals surface area contributed by atoms with Crippen molar-refractivity contribution in [2.75, 3.05) is 6.54 Å². The predicted octanol–water partition coefficient (Wildman–Crippen LogP) is 3.25. The largest absolute Gasteiger partial charge is 0.336 e. The first-order valence-electron chi connectivity index (χ1n) is 7.12. The molecule has 0 aliphatic carbocycles. The third-order valence-electron chi connectivity index (χ3n) is 4.24. The number of benzene rings is 1. The van der Waals surface area contributed by atoms with Crippen LogP contribution in [0.4, 0.5) is 0 Å². The molecule has 0 radical (unpaired) electrons. The smallest absolute Gasteiger partial charge is 0.261 e. The van der Waals surface area contributed by atoms with E-state index in [0.29, 0.717) is 11.1 Å². The molecule has 4 nitrogen and oxygen atoms in total. The van der Waals surface area contributed by atoms with Gasteiger partial charge in [0.05, 0.1) is 4.90 Å². The van der Waals surface area contributed by atoms with Crippen LogP contribution < -0.4 is 0 Å². The molecule has 6 heteroatoms. The summed E-state index contributed by atoms with van der Waals surface area (Å²) < 4.78 is 23.3. The van der Waals surface area contributed by atoms with Crippen molar-refractivity contribution in [3.05, 3.63) is 28.8 Å². The lowest BCUT2D eigenvalue weighted by molar-refractivity contribution is 0.0733. The molecule has 1 aliphatic heterocycles. The van der Waals surface area contributed by atoms with Gasteiger partial charge in [0.25, 0.3) is 15.0 Å². The zero-order valence-corrected chi connectivity index (χ0v) is 14.1. The highest BCUT2D eigenvalue weighted by atomic mass is 35.7. The monoisotopic (exact) mass is 329 g/mol. The molecular weight excluding hydrogens is 310 g/mol. The van der Waals surface area contributed by atoms with Crippen molar-refractivity contribution >= 4 is 25.6 Å². The first kappa shape index (κ1) is 16.3. The SMILES string of the molecule is CCC1CCCN1C(=O)c1cc(C)c(C)c(S(=O)(=O)Cl)c1. The lowest BCUT2D eigenvalue weighted by Crippen LogP contribution is -2.35. The van der Waals surface area contributed by atoms with E-state index in [1.54, 1.807) is 19.9 Å². The Labute approximate surface area is 130 Å². The van der Waals surface area contributed by atoms with E-state index in [9.17, 15) is 13.2 Å². The van der Waals surface area contributed by atoms with E-state index in [1.807, 2.05) is 4.90 Å². The fourth-order valence-corrected chi connectivity index (χ4v) is 4.17. The molecule has 0 bridgehead atoms. The van der Waals surface area contributed by atoms with E-state index in [0.717, 1.165) is 31.4 Å².